The lowest BCUT2D eigenvalue weighted by Crippen LogP contribution is -1.98. The van der Waals surface area contributed by atoms with Gasteiger partial charge < -0.3 is 9.97 Å². The summed E-state index contributed by atoms with van der Waals surface area (Å²) in [6.45, 7) is 0. The summed E-state index contributed by atoms with van der Waals surface area (Å²) in [5, 5.41) is 1.87. The van der Waals surface area contributed by atoms with Crippen molar-refractivity contribution in [3.63, 3.8) is 0 Å². The quantitative estimate of drug-likeness (QED) is 0.590. The second-order valence-corrected chi connectivity index (χ2v) is 3.82. The third-order valence-electron chi connectivity index (χ3n) is 1.59. The number of hydrogen-bond donors (Lipinski definition) is 2. The highest BCUT2D eigenvalue weighted by atomic mass is 32.1. The number of H-pyrrole nitrogens is 2. The van der Waals surface area contributed by atoms with Gasteiger partial charge in [-0.05, 0) is 23.7 Å². The van der Waals surface area contributed by atoms with Crippen molar-refractivity contribution in [1.82, 2.24) is 9.97 Å². The van der Waals surface area contributed by atoms with Gasteiger partial charge in [0.25, 0.3) is 0 Å². The lowest BCUT2D eigenvalue weighted by Gasteiger charge is -1.90. The number of nitrogens with one attached hydrogen (secondary N) is 2. The molecule has 0 aliphatic rings. The molecule has 5 heteroatoms. The van der Waals surface area contributed by atoms with Gasteiger partial charge in [0.15, 0.2) is 4.77 Å². The van der Waals surface area contributed by atoms with Crippen LogP contribution in [-0.4, -0.2) is 15.8 Å². The summed E-state index contributed by atoms with van der Waals surface area (Å²) < 4.78 is 0.472. The van der Waals surface area contributed by atoms with Crippen LogP contribution in [0.4, 0.5) is 0 Å². The molecule has 2 rings (SSSR count). The average Bonchev–Trinajstić information content (AvgIpc) is 2.72. The van der Waals surface area contributed by atoms with Gasteiger partial charge in [-0.1, -0.05) is 6.07 Å². The summed E-state index contributed by atoms with van der Waals surface area (Å²) in [7, 11) is 0. The maximum atomic E-state index is 11.6. The fraction of sp³-hybridized carbons (Fsp3) is 0. The van der Waals surface area contributed by atoms with E-state index in [9.17, 15) is 4.79 Å². The normalized spacial score (nSPS) is 10.2. The highest BCUT2D eigenvalue weighted by molar-refractivity contribution is 7.71. The Hall–Kier alpha value is -1.20. The van der Waals surface area contributed by atoms with Crippen LogP contribution >= 0.6 is 23.6 Å². The molecule has 0 bridgehead atoms. The Morgan fingerprint density at radius 1 is 1.54 bits per heavy atom. The van der Waals surface area contributed by atoms with Crippen molar-refractivity contribution in [2.24, 2.45) is 0 Å². The van der Waals surface area contributed by atoms with E-state index in [0.29, 0.717) is 15.3 Å². The Kier molecular flexibility index (Phi) is 2.12. The molecule has 0 amide bonds. The summed E-state index contributed by atoms with van der Waals surface area (Å²) in [6, 6.07) is 3.63. The van der Waals surface area contributed by atoms with Gasteiger partial charge in [-0.15, -0.1) is 11.3 Å². The van der Waals surface area contributed by atoms with E-state index < -0.39 is 0 Å². The van der Waals surface area contributed by atoms with Gasteiger partial charge in [-0.2, -0.15) is 0 Å². The molecule has 0 saturated heterocycles. The number of rotatable bonds is 2. The number of hydrogen-bond acceptors (Lipinski definition) is 3. The number of ketones is 1. The topological polar surface area (TPSA) is 48.6 Å². The van der Waals surface area contributed by atoms with Crippen LogP contribution in [0.2, 0.25) is 0 Å². The summed E-state index contributed by atoms with van der Waals surface area (Å²) >= 11 is 6.24. The summed E-state index contributed by atoms with van der Waals surface area (Å²) in [5.41, 5.74) is 0.507. The first-order valence-electron chi connectivity index (χ1n) is 3.63. The van der Waals surface area contributed by atoms with E-state index in [4.69, 9.17) is 12.2 Å². The minimum Gasteiger partial charge on any atom is -0.337 e. The fourth-order valence-corrected chi connectivity index (χ4v) is 1.84. The first-order valence-corrected chi connectivity index (χ1v) is 4.92. The summed E-state index contributed by atoms with van der Waals surface area (Å²) in [6.07, 6.45) is 1.59. The molecule has 0 atom stereocenters. The Morgan fingerprint density at radius 2 is 2.38 bits per heavy atom. The zero-order chi connectivity index (χ0) is 9.26. The first kappa shape index (κ1) is 8.40. The zero-order valence-electron chi connectivity index (χ0n) is 6.53. The molecule has 0 unspecified atom stereocenters. The minimum absolute atomic E-state index is 0.0256. The van der Waals surface area contributed by atoms with E-state index >= 15 is 0 Å². The molecule has 2 heterocycles. The first-order chi connectivity index (χ1) is 6.27. The van der Waals surface area contributed by atoms with Crippen LogP contribution in [0.3, 0.4) is 0 Å². The van der Waals surface area contributed by atoms with E-state index in [1.54, 1.807) is 12.3 Å². The van der Waals surface area contributed by atoms with Crippen LogP contribution in [0.5, 0.6) is 0 Å². The molecule has 0 spiro atoms. The molecule has 2 aromatic heterocycles. The monoisotopic (exact) mass is 210 g/mol. The second kappa shape index (κ2) is 3.27. The average molecular weight is 210 g/mol. The van der Waals surface area contributed by atoms with Gasteiger partial charge in [-0.3, -0.25) is 4.79 Å². The zero-order valence-corrected chi connectivity index (χ0v) is 8.17. The number of thiophene rings is 1. The number of carbonyl (C=O) groups is 1. The van der Waals surface area contributed by atoms with Crippen LogP contribution in [0.1, 0.15) is 15.4 Å². The van der Waals surface area contributed by atoms with E-state index in [2.05, 4.69) is 9.97 Å². The predicted octanol–water partition coefficient (Wildman–Crippen LogP) is 2.36. The second-order valence-electron chi connectivity index (χ2n) is 2.46. The molecular formula is C8H6N2OS2. The Labute approximate surface area is 83.4 Å². The van der Waals surface area contributed by atoms with Gasteiger partial charge >= 0.3 is 0 Å². The van der Waals surface area contributed by atoms with Crippen LogP contribution in [0, 0.1) is 4.77 Å². The summed E-state index contributed by atoms with van der Waals surface area (Å²) in [5.74, 6) is -0.0256. The largest absolute Gasteiger partial charge is 0.337 e. The van der Waals surface area contributed by atoms with Crippen molar-refractivity contribution in [3.8, 4) is 0 Å². The van der Waals surface area contributed by atoms with E-state index in [0.717, 1.165) is 0 Å². The number of aromatic nitrogens is 2. The van der Waals surface area contributed by atoms with Crippen LogP contribution in [-0.2, 0) is 0 Å². The van der Waals surface area contributed by atoms with Crippen LogP contribution in [0.25, 0.3) is 0 Å². The van der Waals surface area contributed by atoms with Crippen LogP contribution < -0.4 is 0 Å². The molecule has 3 nitrogen and oxygen atoms in total. The molecule has 0 aromatic carbocycles. The van der Waals surface area contributed by atoms with Gasteiger partial charge in [-0.25, -0.2) is 0 Å². The van der Waals surface area contributed by atoms with Crippen LogP contribution in [0.15, 0.2) is 23.7 Å². The molecule has 2 aromatic rings. The SMILES string of the molecule is O=C(c1c[nH]c(=S)[nH]1)c1cccs1. The number of aromatic amines is 2. The maximum absolute atomic E-state index is 11.6. The van der Waals surface area contributed by atoms with Crippen molar-refractivity contribution >= 4 is 29.3 Å². The smallest absolute Gasteiger partial charge is 0.220 e. The van der Waals surface area contributed by atoms with Gasteiger partial charge in [0.2, 0.25) is 5.78 Å². The van der Waals surface area contributed by atoms with Gasteiger partial charge in [0.05, 0.1) is 4.88 Å². The molecule has 2 N–H and O–H groups in total. The van der Waals surface area contributed by atoms with Gasteiger partial charge in [0.1, 0.15) is 5.69 Å². The standard InChI is InChI=1S/C8H6N2OS2/c11-7(6-2-1-3-13-6)5-4-9-8(12)10-5/h1-4H,(H2,9,10,12). The third-order valence-corrected chi connectivity index (χ3v) is 2.67. The summed E-state index contributed by atoms with van der Waals surface area (Å²) in [4.78, 5) is 17.9. The highest BCUT2D eigenvalue weighted by Gasteiger charge is 2.10. The molecular weight excluding hydrogens is 204 g/mol. The van der Waals surface area contributed by atoms with Gasteiger partial charge in [0, 0.05) is 6.20 Å². The van der Waals surface area contributed by atoms with Crippen molar-refractivity contribution in [2.45, 2.75) is 0 Å². The molecule has 0 aliphatic heterocycles. The lowest BCUT2D eigenvalue weighted by atomic mass is 10.2. The highest BCUT2D eigenvalue weighted by Crippen LogP contribution is 2.12. The van der Waals surface area contributed by atoms with Crippen molar-refractivity contribution < 1.29 is 4.79 Å². The predicted molar refractivity (Wildman–Crippen MR) is 53.7 cm³/mol. The lowest BCUT2D eigenvalue weighted by molar-refractivity contribution is 0.103. The minimum atomic E-state index is -0.0256. The van der Waals surface area contributed by atoms with E-state index in [1.807, 2.05) is 11.4 Å². The Morgan fingerprint density at radius 3 is 2.92 bits per heavy atom. The Bertz CT molecular complexity index is 466. The van der Waals surface area contributed by atoms with Crippen molar-refractivity contribution in [1.29, 1.82) is 0 Å². The molecule has 0 saturated carbocycles. The van der Waals surface area contributed by atoms with Crippen molar-refractivity contribution in [3.05, 3.63) is 39.1 Å². The molecule has 0 radical (unpaired) electrons. The molecule has 13 heavy (non-hydrogen) atoms. The molecule has 0 aliphatic carbocycles. The third kappa shape index (κ3) is 1.61. The van der Waals surface area contributed by atoms with E-state index in [-0.39, 0.29) is 5.78 Å². The maximum Gasteiger partial charge on any atom is 0.220 e. The van der Waals surface area contributed by atoms with Crippen molar-refractivity contribution in [2.75, 3.05) is 0 Å². The fourth-order valence-electron chi connectivity index (χ4n) is 0.995. The number of carbonyl (C=O) groups excluding carboxylic acids is 1. The Balaban J connectivity index is 2.39. The number of imidazole rings is 1. The molecule has 0 fully saturated rings. The molecule has 66 valence electrons. The van der Waals surface area contributed by atoms with E-state index in [1.165, 1.54) is 11.3 Å².